The minimum atomic E-state index is -0.716. The van der Waals surface area contributed by atoms with E-state index < -0.39 is 5.24 Å². The van der Waals surface area contributed by atoms with Crippen molar-refractivity contribution in [1.82, 2.24) is 4.98 Å². The summed E-state index contributed by atoms with van der Waals surface area (Å²) in [5, 5.41) is 0.106. The summed E-state index contributed by atoms with van der Waals surface area (Å²) >= 11 is 17.6. The number of ether oxygens (including phenoxy) is 1. The van der Waals surface area contributed by atoms with Crippen LogP contribution in [0.4, 0.5) is 0 Å². The van der Waals surface area contributed by atoms with E-state index in [0.29, 0.717) is 16.5 Å². The zero-order chi connectivity index (χ0) is 15.7. The molecule has 0 fully saturated rings. The first kappa shape index (κ1) is 16.1. The molecule has 21 heavy (non-hydrogen) atoms. The van der Waals surface area contributed by atoms with Gasteiger partial charge in [-0.2, -0.15) is 0 Å². The van der Waals surface area contributed by atoms with Crippen LogP contribution in [0.2, 0.25) is 10.0 Å². The van der Waals surface area contributed by atoms with E-state index in [1.165, 1.54) is 0 Å². The number of aryl methyl sites for hydroxylation is 3. The van der Waals surface area contributed by atoms with Gasteiger partial charge in [0, 0.05) is 10.7 Å². The maximum Gasteiger partial charge on any atom is 0.259 e. The van der Waals surface area contributed by atoms with Crippen LogP contribution < -0.4 is 4.74 Å². The van der Waals surface area contributed by atoms with Crippen molar-refractivity contribution in [3.05, 3.63) is 50.6 Å². The van der Waals surface area contributed by atoms with Crippen LogP contribution in [0, 0.1) is 20.8 Å². The van der Waals surface area contributed by atoms with E-state index in [-0.39, 0.29) is 16.5 Å². The summed E-state index contributed by atoms with van der Waals surface area (Å²) < 4.78 is 5.79. The number of aromatic nitrogens is 1. The largest absolute Gasteiger partial charge is 0.438 e. The molecule has 0 radical (unpaired) electrons. The normalized spacial score (nSPS) is 10.6. The number of hydrogen-bond acceptors (Lipinski definition) is 3. The molecule has 2 rings (SSSR count). The lowest BCUT2D eigenvalue weighted by Gasteiger charge is -2.14. The van der Waals surface area contributed by atoms with E-state index in [1.54, 1.807) is 25.1 Å². The van der Waals surface area contributed by atoms with E-state index in [1.807, 2.05) is 13.8 Å². The van der Waals surface area contributed by atoms with Crippen LogP contribution in [0.1, 0.15) is 27.2 Å². The number of rotatable bonds is 3. The van der Waals surface area contributed by atoms with Crippen molar-refractivity contribution in [2.24, 2.45) is 0 Å². The van der Waals surface area contributed by atoms with Gasteiger partial charge in [-0.15, -0.1) is 0 Å². The van der Waals surface area contributed by atoms with E-state index in [0.717, 1.165) is 11.1 Å². The molecule has 0 saturated carbocycles. The Morgan fingerprint density at radius 3 is 2.19 bits per heavy atom. The third-order valence-electron chi connectivity index (χ3n) is 2.89. The highest BCUT2D eigenvalue weighted by atomic mass is 35.5. The van der Waals surface area contributed by atoms with Crippen molar-refractivity contribution >= 4 is 40.0 Å². The molecular formula is C15H12Cl3NO2. The third-order valence-corrected chi connectivity index (χ3v) is 3.59. The molecule has 1 aromatic carbocycles. The Hall–Kier alpha value is -1.29. The van der Waals surface area contributed by atoms with Gasteiger partial charge in [-0.25, -0.2) is 4.98 Å². The van der Waals surface area contributed by atoms with Gasteiger partial charge in [0.25, 0.3) is 5.24 Å². The van der Waals surface area contributed by atoms with Crippen molar-refractivity contribution in [3.63, 3.8) is 0 Å². The van der Waals surface area contributed by atoms with E-state index in [4.69, 9.17) is 39.5 Å². The molecule has 0 spiro atoms. The summed E-state index contributed by atoms with van der Waals surface area (Å²) in [6, 6.07) is 5.10. The Labute approximate surface area is 137 Å². The monoisotopic (exact) mass is 343 g/mol. The van der Waals surface area contributed by atoms with Gasteiger partial charge in [0.15, 0.2) is 0 Å². The average Bonchev–Trinajstić information content (AvgIpc) is 2.32. The summed E-state index contributed by atoms with van der Waals surface area (Å²) in [6.07, 6.45) is 0. The predicted molar refractivity (Wildman–Crippen MR) is 85.2 cm³/mol. The van der Waals surface area contributed by atoms with E-state index in [2.05, 4.69) is 4.98 Å². The second-order valence-electron chi connectivity index (χ2n) is 4.67. The molecular weight excluding hydrogens is 333 g/mol. The van der Waals surface area contributed by atoms with Gasteiger partial charge < -0.3 is 4.74 Å². The molecule has 6 heteroatoms. The minimum Gasteiger partial charge on any atom is -0.438 e. The van der Waals surface area contributed by atoms with Gasteiger partial charge in [-0.3, -0.25) is 4.79 Å². The summed E-state index contributed by atoms with van der Waals surface area (Å²) in [5.74, 6) is 0.668. The van der Waals surface area contributed by atoms with Gasteiger partial charge in [0.2, 0.25) is 5.88 Å². The highest BCUT2D eigenvalue weighted by molar-refractivity contribution is 6.69. The molecule has 3 nitrogen and oxygen atoms in total. The molecule has 2 aromatic rings. The Morgan fingerprint density at radius 2 is 1.67 bits per heavy atom. The highest BCUT2D eigenvalue weighted by Gasteiger charge is 2.19. The first-order chi connectivity index (χ1) is 9.79. The first-order valence-electron chi connectivity index (χ1n) is 6.11. The maximum absolute atomic E-state index is 11.6. The fourth-order valence-electron chi connectivity index (χ4n) is 2.01. The quantitative estimate of drug-likeness (QED) is 0.692. The summed E-state index contributed by atoms with van der Waals surface area (Å²) in [5.41, 5.74) is 2.33. The lowest BCUT2D eigenvalue weighted by atomic mass is 10.1. The molecule has 0 unspecified atom stereocenters. The minimum absolute atomic E-state index is 0.0534. The number of pyridine rings is 1. The Balaban J connectivity index is 2.57. The zero-order valence-corrected chi connectivity index (χ0v) is 13.9. The zero-order valence-electron chi connectivity index (χ0n) is 11.6. The van der Waals surface area contributed by atoms with Crippen molar-refractivity contribution in [3.8, 4) is 11.6 Å². The van der Waals surface area contributed by atoms with Crippen molar-refractivity contribution in [2.45, 2.75) is 20.8 Å². The van der Waals surface area contributed by atoms with Gasteiger partial charge in [0.05, 0.1) is 5.02 Å². The predicted octanol–water partition coefficient (Wildman–Crippen LogP) is 5.48. The molecule has 0 aliphatic rings. The van der Waals surface area contributed by atoms with Crippen molar-refractivity contribution in [2.75, 3.05) is 0 Å². The number of nitrogens with zero attached hydrogens (tertiary/aromatic N) is 1. The Bertz CT molecular complexity index is 706. The molecule has 110 valence electrons. The number of halogens is 3. The highest BCUT2D eigenvalue weighted by Crippen LogP contribution is 2.35. The van der Waals surface area contributed by atoms with Gasteiger partial charge in [-0.1, -0.05) is 23.2 Å². The molecule has 0 bridgehead atoms. The number of carbonyl (C=O) groups excluding carboxylic acids is 1. The van der Waals surface area contributed by atoms with Crippen LogP contribution in [0.15, 0.2) is 18.2 Å². The lowest BCUT2D eigenvalue weighted by molar-refractivity contribution is 0.107. The van der Waals surface area contributed by atoms with Crippen LogP contribution in [-0.4, -0.2) is 10.2 Å². The van der Waals surface area contributed by atoms with Gasteiger partial charge >= 0.3 is 0 Å². The maximum atomic E-state index is 11.6. The molecule has 0 amide bonds. The van der Waals surface area contributed by atoms with Crippen molar-refractivity contribution < 1.29 is 9.53 Å². The standard InChI is InChI=1S/C15H12Cl3NO2/c1-7-4-10(16)5-8(2)13(7)21-15-12(14(18)20)11(17)6-9(3)19-15/h4-6H,1-3H3. The van der Waals surface area contributed by atoms with Crippen LogP contribution >= 0.6 is 34.8 Å². The molecule has 0 N–H and O–H groups in total. The summed E-state index contributed by atoms with van der Waals surface area (Å²) in [7, 11) is 0. The Morgan fingerprint density at radius 1 is 1.10 bits per heavy atom. The van der Waals surface area contributed by atoms with Gasteiger partial charge in [-0.05, 0) is 61.7 Å². The second kappa shape index (κ2) is 6.22. The molecule has 1 heterocycles. The SMILES string of the molecule is Cc1cc(Cl)c(C(=O)Cl)c(Oc2c(C)cc(Cl)cc2C)n1. The van der Waals surface area contributed by atoms with Crippen LogP contribution in [0.3, 0.4) is 0 Å². The smallest absolute Gasteiger partial charge is 0.259 e. The van der Waals surface area contributed by atoms with E-state index in [9.17, 15) is 4.79 Å². The fourth-order valence-corrected chi connectivity index (χ4v) is 2.90. The molecule has 1 aromatic heterocycles. The second-order valence-corrected chi connectivity index (χ2v) is 5.86. The molecule has 0 atom stereocenters. The fraction of sp³-hybridized carbons (Fsp3) is 0.200. The van der Waals surface area contributed by atoms with Gasteiger partial charge in [0.1, 0.15) is 11.3 Å². The lowest BCUT2D eigenvalue weighted by Crippen LogP contribution is -2.02. The van der Waals surface area contributed by atoms with Crippen LogP contribution in [0.25, 0.3) is 0 Å². The summed E-state index contributed by atoms with van der Waals surface area (Å²) in [6.45, 7) is 5.46. The Kier molecular flexibility index (Phi) is 4.77. The first-order valence-corrected chi connectivity index (χ1v) is 7.24. The molecule has 0 saturated heterocycles. The third kappa shape index (κ3) is 3.49. The number of carbonyl (C=O) groups is 1. The van der Waals surface area contributed by atoms with E-state index >= 15 is 0 Å². The van der Waals surface area contributed by atoms with Crippen LogP contribution in [0.5, 0.6) is 11.6 Å². The average molecular weight is 345 g/mol. The molecule has 0 aliphatic carbocycles. The number of benzene rings is 1. The summed E-state index contributed by atoms with van der Waals surface area (Å²) in [4.78, 5) is 15.8. The topological polar surface area (TPSA) is 39.2 Å². The molecule has 0 aliphatic heterocycles. The van der Waals surface area contributed by atoms with Crippen LogP contribution in [-0.2, 0) is 0 Å². The number of hydrogen-bond donors (Lipinski definition) is 0. The van der Waals surface area contributed by atoms with Crippen molar-refractivity contribution in [1.29, 1.82) is 0 Å².